The lowest BCUT2D eigenvalue weighted by atomic mass is 10.1. The van der Waals surface area contributed by atoms with E-state index in [0.29, 0.717) is 11.6 Å². The molecular formula is C16H21ClN4O. The lowest BCUT2D eigenvalue weighted by Crippen LogP contribution is -2.45. The number of rotatable bonds is 2. The predicted octanol–water partition coefficient (Wildman–Crippen LogP) is 2.25. The molecule has 2 saturated heterocycles. The third-order valence-electron chi connectivity index (χ3n) is 4.91. The Hall–Kier alpha value is -1.30. The molecule has 2 aliphatic heterocycles. The second-order valence-corrected chi connectivity index (χ2v) is 6.75. The van der Waals surface area contributed by atoms with Crippen LogP contribution >= 0.6 is 11.6 Å². The summed E-state index contributed by atoms with van der Waals surface area (Å²) in [5.41, 5.74) is 0.804. The van der Waals surface area contributed by atoms with E-state index in [4.69, 9.17) is 11.6 Å². The van der Waals surface area contributed by atoms with E-state index in [1.807, 2.05) is 18.3 Å². The van der Waals surface area contributed by atoms with E-state index >= 15 is 0 Å². The SMILES string of the molecule is O[C@@H]1CN(c2cc(Cl)c3cc[nH]c3n2)C[C@H]1N1CCCCC1. The molecule has 4 heterocycles. The van der Waals surface area contributed by atoms with Crippen molar-refractivity contribution < 1.29 is 5.11 Å². The Morgan fingerprint density at radius 3 is 2.86 bits per heavy atom. The van der Waals surface area contributed by atoms with Crippen molar-refractivity contribution in [2.75, 3.05) is 31.1 Å². The molecule has 0 spiro atoms. The van der Waals surface area contributed by atoms with E-state index in [9.17, 15) is 5.11 Å². The monoisotopic (exact) mass is 320 g/mol. The van der Waals surface area contributed by atoms with Gasteiger partial charge in [-0.1, -0.05) is 18.0 Å². The van der Waals surface area contributed by atoms with Crippen LogP contribution in [0.1, 0.15) is 19.3 Å². The summed E-state index contributed by atoms with van der Waals surface area (Å²) in [5.74, 6) is 0.846. The number of hydrogen-bond donors (Lipinski definition) is 2. The number of aliphatic hydroxyl groups is 1. The minimum Gasteiger partial charge on any atom is -0.390 e. The quantitative estimate of drug-likeness (QED) is 0.891. The highest BCUT2D eigenvalue weighted by atomic mass is 35.5. The first-order valence-electron chi connectivity index (χ1n) is 8.03. The van der Waals surface area contributed by atoms with E-state index in [1.165, 1.54) is 19.3 Å². The van der Waals surface area contributed by atoms with Crippen LogP contribution < -0.4 is 4.90 Å². The van der Waals surface area contributed by atoms with Gasteiger partial charge in [0.15, 0.2) is 0 Å². The number of halogens is 1. The number of pyridine rings is 1. The van der Waals surface area contributed by atoms with Gasteiger partial charge in [-0.15, -0.1) is 0 Å². The number of hydrogen-bond acceptors (Lipinski definition) is 4. The molecule has 0 saturated carbocycles. The number of fused-ring (bicyclic) bond motifs is 1. The van der Waals surface area contributed by atoms with Crippen LogP contribution in [0, 0.1) is 0 Å². The first-order valence-corrected chi connectivity index (χ1v) is 8.41. The summed E-state index contributed by atoms with van der Waals surface area (Å²) in [5, 5.41) is 12.1. The fourth-order valence-electron chi connectivity index (χ4n) is 3.71. The number of aromatic amines is 1. The molecule has 2 aromatic heterocycles. The van der Waals surface area contributed by atoms with Gasteiger partial charge in [-0.25, -0.2) is 4.98 Å². The molecule has 5 nitrogen and oxygen atoms in total. The number of nitrogens with zero attached hydrogens (tertiary/aromatic N) is 3. The minimum absolute atomic E-state index is 0.209. The molecule has 2 aliphatic rings. The summed E-state index contributed by atoms with van der Waals surface area (Å²) in [6.07, 6.45) is 5.31. The lowest BCUT2D eigenvalue weighted by molar-refractivity contribution is 0.0706. The highest BCUT2D eigenvalue weighted by Crippen LogP contribution is 2.29. The molecule has 0 amide bonds. The Labute approximate surface area is 134 Å². The van der Waals surface area contributed by atoms with Gasteiger partial charge < -0.3 is 15.0 Å². The summed E-state index contributed by atoms with van der Waals surface area (Å²) in [4.78, 5) is 12.3. The summed E-state index contributed by atoms with van der Waals surface area (Å²) in [6.45, 7) is 3.63. The third-order valence-corrected chi connectivity index (χ3v) is 5.22. The van der Waals surface area contributed by atoms with Crippen LogP contribution in [0.2, 0.25) is 5.02 Å². The second-order valence-electron chi connectivity index (χ2n) is 6.34. The zero-order valence-corrected chi connectivity index (χ0v) is 13.3. The fraction of sp³-hybridized carbons (Fsp3) is 0.562. The molecule has 0 aromatic carbocycles. The summed E-state index contributed by atoms with van der Waals surface area (Å²) < 4.78 is 0. The van der Waals surface area contributed by atoms with Gasteiger partial charge in [0.2, 0.25) is 0 Å². The van der Waals surface area contributed by atoms with Crippen molar-refractivity contribution in [1.82, 2.24) is 14.9 Å². The third kappa shape index (κ3) is 2.47. The zero-order chi connectivity index (χ0) is 15.1. The van der Waals surface area contributed by atoms with Gasteiger partial charge in [0, 0.05) is 30.7 Å². The fourth-order valence-corrected chi connectivity index (χ4v) is 3.96. The topological polar surface area (TPSA) is 55.4 Å². The Bertz CT molecular complexity index is 667. The maximum atomic E-state index is 10.5. The van der Waals surface area contributed by atoms with Gasteiger partial charge in [-0.05, 0) is 32.0 Å². The molecule has 2 atom stereocenters. The molecular weight excluding hydrogens is 300 g/mol. The number of H-pyrrole nitrogens is 1. The average Bonchev–Trinajstić information content (AvgIpc) is 3.15. The van der Waals surface area contributed by atoms with Crippen LogP contribution in [0.15, 0.2) is 18.3 Å². The molecule has 4 rings (SSSR count). The van der Waals surface area contributed by atoms with E-state index in [0.717, 1.165) is 36.5 Å². The highest BCUT2D eigenvalue weighted by molar-refractivity contribution is 6.35. The van der Waals surface area contributed by atoms with Gasteiger partial charge in [0.1, 0.15) is 11.5 Å². The van der Waals surface area contributed by atoms with Crippen LogP contribution in [0.5, 0.6) is 0 Å². The molecule has 22 heavy (non-hydrogen) atoms. The van der Waals surface area contributed by atoms with E-state index in [1.54, 1.807) is 0 Å². The molecule has 118 valence electrons. The van der Waals surface area contributed by atoms with Crippen LogP contribution in [-0.2, 0) is 0 Å². The molecule has 2 N–H and O–H groups in total. The second kappa shape index (κ2) is 5.72. The summed E-state index contributed by atoms with van der Waals surface area (Å²) in [6, 6.07) is 4.05. The molecule has 2 aromatic rings. The van der Waals surface area contributed by atoms with Gasteiger partial charge in [-0.3, -0.25) is 4.90 Å². The van der Waals surface area contributed by atoms with Crippen molar-refractivity contribution in [1.29, 1.82) is 0 Å². The Morgan fingerprint density at radius 2 is 2.05 bits per heavy atom. The number of anilines is 1. The van der Waals surface area contributed by atoms with Crippen molar-refractivity contribution in [2.24, 2.45) is 0 Å². The maximum absolute atomic E-state index is 10.5. The Balaban J connectivity index is 1.57. The van der Waals surface area contributed by atoms with Crippen molar-refractivity contribution in [3.05, 3.63) is 23.4 Å². The zero-order valence-electron chi connectivity index (χ0n) is 12.5. The molecule has 2 fully saturated rings. The number of likely N-dealkylation sites (tertiary alicyclic amines) is 1. The van der Waals surface area contributed by atoms with E-state index in [2.05, 4.69) is 19.8 Å². The standard InChI is InChI=1S/C16H21ClN4O/c17-12-8-15(19-16-11(12)4-5-18-16)21-9-13(14(22)10-21)20-6-2-1-3-7-20/h4-5,8,13-14,22H,1-3,6-7,9-10H2,(H,18,19)/t13-,14-/m1/s1. The molecule has 0 bridgehead atoms. The van der Waals surface area contributed by atoms with Crippen molar-refractivity contribution in [3.63, 3.8) is 0 Å². The molecule has 6 heteroatoms. The minimum atomic E-state index is -0.321. The average molecular weight is 321 g/mol. The van der Waals surface area contributed by atoms with Gasteiger partial charge in [0.25, 0.3) is 0 Å². The molecule has 0 radical (unpaired) electrons. The molecule has 0 unspecified atom stereocenters. The van der Waals surface area contributed by atoms with Crippen LogP contribution in [0.25, 0.3) is 11.0 Å². The van der Waals surface area contributed by atoms with Crippen LogP contribution in [-0.4, -0.2) is 58.3 Å². The molecule has 0 aliphatic carbocycles. The van der Waals surface area contributed by atoms with Gasteiger partial charge in [0.05, 0.1) is 17.2 Å². The first-order chi connectivity index (χ1) is 10.7. The lowest BCUT2D eigenvalue weighted by Gasteiger charge is -2.33. The van der Waals surface area contributed by atoms with Crippen LogP contribution in [0.4, 0.5) is 5.82 Å². The Morgan fingerprint density at radius 1 is 1.23 bits per heavy atom. The normalized spacial score (nSPS) is 26.9. The number of aromatic nitrogens is 2. The van der Waals surface area contributed by atoms with Crippen LogP contribution in [0.3, 0.4) is 0 Å². The number of nitrogens with one attached hydrogen (secondary N) is 1. The first kappa shape index (κ1) is 14.3. The Kier molecular flexibility index (Phi) is 3.72. The van der Waals surface area contributed by atoms with Gasteiger partial charge >= 0.3 is 0 Å². The van der Waals surface area contributed by atoms with Crippen molar-refractivity contribution in [2.45, 2.75) is 31.4 Å². The number of aliphatic hydroxyl groups excluding tert-OH is 1. The summed E-state index contributed by atoms with van der Waals surface area (Å²) in [7, 11) is 0. The maximum Gasteiger partial charge on any atom is 0.141 e. The van der Waals surface area contributed by atoms with Gasteiger partial charge in [-0.2, -0.15) is 0 Å². The van der Waals surface area contributed by atoms with Crippen molar-refractivity contribution in [3.8, 4) is 0 Å². The smallest absolute Gasteiger partial charge is 0.141 e. The van der Waals surface area contributed by atoms with Crippen molar-refractivity contribution >= 4 is 28.5 Å². The largest absolute Gasteiger partial charge is 0.390 e. The number of piperidine rings is 1. The predicted molar refractivity (Wildman–Crippen MR) is 88.5 cm³/mol. The van der Waals surface area contributed by atoms with E-state index < -0.39 is 0 Å². The summed E-state index contributed by atoms with van der Waals surface area (Å²) >= 11 is 6.34. The number of β-amino-alcohol motifs (C(OH)–C–C–N with tert-alkyl or cyclic N) is 1. The van der Waals surface area contributed by atoms with E-state index in [-0.39, 0.29) is 12.1 Å². The highest BCUT2D eigenvalue weighted by Gasteiger charge is 2.36.